The minimum atomic E-state index is -0.588. The van der Waals surface area contributed by atoms with Crippen molar-refractivity contribution in [2.24, 2.45) is 0 Å². The number of hydrogen-bond donors (Lipinski definition) is 3. The Kier molecular flexibility index (Phi) is 5.42. The normalized spacial score (nSPS) is 12.2. The van der Waals surface area contributed by atoms with Crippen molar-refractivity contribution in [3.05, 3.63) is 54.1 Å². The number of amides is 1. The summed E-state index contributed by atoms with van der Waals surface area (Å²) < 4.78 is 5.74. The van der Waals surface area contributed by atoms with Gasteiger partial charge in [0.25, 0.3) is 0 Å². The second kappa shape index (κ2) is 7.92. The highest BCUT2D eigenvalue weighted by Gasteiger charge is 2.11. The van der Waals surface area contributed by atoms with Crippen LogP contribution in [0.25, 0.3) is 22.6 Å². The highest BCUT2D eigenvalue weighted by atomic mass is 16.5. The van der Waals surface area contributed by atoms with Crippen molar-refractivity contribution in [3.63, 3.8) is 0 Å². The van der Waals surface area contributed by atoms with Crippen LogP contribution in [0.4, 0.5) is 0 Å². The molecule has 3 N–H and O–H groups in total. The van der Waals surface area contributed by atoms with Crippen LogP contribution in [0, 0.1) is 0 Å². The van der Waals surface area contributed by atoms with Gasteiger partial charge in [-0.05, 0) is 42.7 Å². The highest BCUT2D eigenvalue weighted by molar-refractivity contribution is 5.76. The van der Waals surface area contributed by atoms with Gasteiger partial charge in [0.15, 0.2) is 5.58 Å². The number of aromatic nitrogens is 1. The third kappa shape index (κ3) is 4.23. The summed E-state index contributed by atoms with van der Waals surface area (Å²) in [6, 6.07) is 15.1. The van der Waals surface area contributed by atoms with Crippen LogP contribution in [0.5, 0.6) is 0 Å². The van der Waals surface area contributed by atoms with E-state index in [2.05, 4.69) is 4.98 Å². The average Bonchev–Trinajstić information content (AvgIpc) is 3.09. The molecule has 0 fully saturated rings. The van der Waals surface area contributed by atoms with E-state index < -0.39 is 12.0 Å². The van der Waals surface area contributed by atoms with Crippen LogP contribution in [0.2, 0.25) is 0 Å². The van der Waals surface area contributed by atoms with Crippen LogP contribution >= 0.6 is 0 Å². The lowest BCUT2D eigenvalue weighted by molar-refractivity contribution is -0.129. The predicted molar refractivity (Wildman–Crippen MR) is 92.8 cm³/mol. The molecule has 0 unspecified atom stereocenters. The molecule has 0 saturated carbocycles. The molecule has 130 valence electrons. The summed E-state index contributed by atoms with van der Waals surface area (Å²) in [7, 11) is 0. The summed E-state index contributed by atoms with van der Waals surface area (Å²) in [6.07, 6.45) is 1.53. The summed E-state index contributed by atoms with van der Waals surface area (Å²) in [5.41, 5.74) is 4.82. The van der Waals surface area contributed by atoms with Crippen molar-refractivity contribution < 1.29 is 19.5 Å². The third-order valence-corrected chi connectivity index (χ3v) is 4.09. The van der Waals surface area contributed by atoms with E-state index in [1.807, 2.05) is 48.5 Å². The molecule has 1 aromatic heterocycles. The lowest BCUT2D eigenvalue weighted by atomic mass is 10.0. The number of carbonyl (C=O) groups excluding carboxylic acids is 1. The largest absolute Gasteiger partial charge is 0.436 e. The molecule has 0 spiro atoms. The number of oxazole rings is 1. The van der Waals surface area contributed by atoms with Gasteiger partial charge < -0.3 is 9.52 Å². The summed E-state index contributed by atoms with van der Waals surface area (Å²) in [5, 5.41) is 18.7. The molecule has 0 saturated heterocycles. The molecule has 0 bridgehead atoms. The Morgan fingerprint density at radius 2 is 1.88 bits per heavy atom. The number of fused-ring (bicyclic) bond motifs is 1. The fourth-order valence-corrected chi connectivity index (χ4v) is 2.69. The quantitative estimate of drug-likeness (QED) is 0.347. The fourth-order valence-electron chi connectivity index (χ4n) is 2.69. The SMILES string of the molecule is O=C(CCCC[C@H](O)c1ccc(-c2nc3ccccc3o2)cc1)NO. The molecule has 0 radical (unpaired) electrons. The number of carbonyl (C=O) groups is 1. The van der Waals surface area contributed by atoms with Crippen LogP contribution < -0.4 is 5.48 Å². The lowest BCUT2D eigenvalue weighted by Gasteiger charge is -2.11. The molecule has 1 heterocycles. The van der Waals surface area contributed by atoms with Crippen molar-refractivity contribution in [3.8, 4) is 11.5 Å². The van der Waals surface area contributed by atoms with E-state index in [-0.39, 0.29) is 6.42 Å². The maximum Gasteiger partial charge on any atom is 0.243 e. The van der Waals surface area contributed by atoms with Gasteiger partial charge in [0.1, 0.15) is 5.52 Å². The summed E-state index contributed by atoms with van der Waals surface area (Å²) in [6.45, 7) is 0. The van der Waals surface area contributed by atoms with Gasteiger partial charge in [-0.2, -0.15) is 0 Å². The number of hydrogen-bond acceptors (Lipinski definition) is 5. The number of unbranched alkanes of at least 4 members (excludes halogenated alkanes) is 1. The second-order valence-corrected chi connectivity index (χ2v) is 5.91. The standard InChI is InChI=1S/C19H20N2O4/c22-16(6-2-4-8-18(23)21-24)13-9-11-14(12-10-13)19-20-15-5-1-3-7-17(15)25-19/h1,3,5,7,9-12,16,22,24H,2,4,6,8H2,(H,21,23)/t16-/m0/s1. The van der Waals surface area contributed by atoms with Crippen molar-refractivity contribution in [2.45, 2.75) is 31.8 Å². The molecule has 0 aliphatic rings. The zero-order valence-corrected chi connectivity index (χ0v) is 13.7. The number of nitrogens with one attached hydrogen (secondary N) is 1. The summed E-state index contributed by atoms with van der Waals surface area (Å²) >= 11 is 0. The molecule has 25 heavy (non-hydrogen) atoms. The fraction of sp³-hybridized carbons (Fsp3) is 0.263. The first-order valence-electron chi connectivity index (χ1n) is 8.24. The molecule has 2 aromatic carbocycles. The molecular weight excluding hydrogens is 320 g/mol. The Balaban J connectivity index is 1.60. The van der Waals surface area contributed by atoms with E-state index in [0.29, 0.717) is 25.2 Å². The van der Waals surface area contributed by atoms with Crippen molar-refractivity contribution in [1.82, 2.24) is 10.5 Å². The Morgan fingerprint density at radius 1 is 1.12 bits per heavy atom. The number of aliphatic hydroxyl groups excluding tert-OH is 1. The van der Waals surface area contributed by atoms with Crippen LogP contribution in [0.3, 0.4) is 0 Å². The molecule has 1 amide bonds. The Morgan fingerprint density at radius 3 is 2.60 bits per heavy atom. The van der Waals surface area contributed by atoms with E-state index >= 15 is 0 Å². The van der Waals surface area contributed by atoms with Gasteiger partial charge in [0, 0.05) is 12.0 Å². The van der Waals surface area contributed by atoms with Crippen molar-refractivity contribution in [1.29, 1.82) is 0 Å². The van der Waals surface area contributed by atoms with Gasteiger partial charge in [-0.3, -0.25) is 10.0 Å². The smallest absolute Gasteiger partial charge is 0.243 e. The molecule has 6 heteroatoms. The van der Waals surface area contributed by atoms with Crippen LogP contribution in [0.15, 0.2) is 52.9 Å². The molecular formula is C19H20N2O4. The highest BCUT2D eigenvalue weighted by Crippen LogP contribution is 2.26. The summed E-state index contributed by atoms with van der Waals surface area (Å²) in [5.74, 6) is 0.148. The predicted octanol–water partition coefficient (Wildman–Crippen LogP) is 3.59. The number of rotatable bonds is 7. The number of hydroxylamine groups is 1. The van der Waals surface area contributed by atoms with Gasteiger partial charge in [0.2, 0.25) is 11.8 Å². The first-order valence-corrected chi connectivity index (χ1v) is 8.24. The Labute approximate surface area is 145 Å². The van der Waals surface area contributed by atoms with Crippen molar-refractivity contribution >= 4 is 17.0 Å². The topological polar surface area (TPSA) is 95.6 Å². The Hall–Kier alpha value is -2.70. The van der Waals surface area contributed by atoms with Crippen molar-refractivity contribution in [2.75, 3.05) is 0 Å². The molecule has 0 aliphatic carbocycles. The number of aliphatic hydroxyl groups is 1. The van der Waals surface area contributed by atoms with E-state index in [1.54, 1.807) is 5.48 Å². The minimum absolute atomic E-state index is 0.250. The average molecular weight is 340 g/mol. The maximum atomic E-state index is 10.9. The molecule has 3 aromatic rings. The number of benzene rings is 2. The van der Waals surface area contributed by atoms with Crippen LogP contribution in [0.1, 0.15) is 37.4 Å². The number of para-hydroxylation sites is 2. The first-order chi connectivity index (χ1) is 12.2. The lowest BCUT2D eigenvalue weighted by Crippen LogP contribution is -2.17. The van der Waals surface area contributed by atoms with E-state index in [1.165, 1.54) is 0 Å². The molecule has 0 aliphatic heterocycles. The molecule has 3 rings (SSSR count). The van der Waals surface area contributed by atoms with E-state index in [4.69, 9.17) is 9.62 Å². The maximum absolute atomic E-state index is 10.9. The zero-order valence-electron chi connectivity index (χ0n) is 13.7. The van der Waals surface area contributed by atoms with Gasteiger partial charge in [-0.25, -0.2) is 10.5 Å². The minimum Gasteiger partial charge on any atom is -0.436 e. The first kappa shape index (κ1) is 17.1. The Bertz CT molecular complexity index is 809. The zero-order chi connectivity index (χ0) is 17.6. The van der Waals surface area contributed by atoms with Gasteiger partial charge in [-0.1, -0.05) is 30.7 Å². The monoisotopic (exact) mass is 340 g/mol. The summed E-state index contributed by atoms with van der Waals surface area (Å²) in [4.78, 5) is 15.4. The van der Waals surface area contributed by atoms with Gasteiger partial charge in [0.05, 0.1) is 6.10 Å². The van der Waals surface area contributed by atoms with Crippen LogP contribution in [-0.2, 0) is 4.79 Å². The molecule has 6 nitrogen and oxygen atoms in total. The third-order valence-electron chi connectivity index (χ3n) is 4.09. The van der Waals surface area contributed by atoms with Gasteiger partial charge in [-0.15, -0.1) is 0 Å². The number of nitrogens with zero attached hydrogens (tertiary/aromatic N) is 1. The van der Waals surface area contributed by atoms with E-state index in [9.17, 15) is 9.90 Å². The van der Waals surface area contributed by atoms with Crippen LogP contribution in [-0.4, -0.2) is 21.2 Å². The molecule has 1 atom stereocenters. The van der Waals surface area contributed by atoms with Gasteiger partial charge >= 0.3 is 0 Å². The second-order valence-electron chi connectivity index (χ2n) is 5.91. The van der Waals surface area contributed by atoms with E-state index in [0.717, 1.165) is 22.2 Å².